The largest absolute Gasteiger partial charge is 0.460 e. The van der Waals surface area contributed by atoms with Gasteiger partial charge in [-0.1, -0.05) is 0 Å². The molecule has 0 aromatic heterocycles. The molecular formula is C34H50F17N7O13. The van der Waals surface area contributed by atoms with Crippen LogP contribution in [0.2, 0.25) is 0 Å². The van der Waals surface area contributed by atoms with Crippen molar-refractivity contribution in [3.63, 3.8) is 0 Å². The second kappa shape index (κ2) is 21.3. The number of alkyl halides is 17. The maximum atomic E-state index is 14.6. The van der Waals surface area contributed by atoms with Crippen LogP contribution in [0, 0.1) is 0 Å². The van der Waals surface area contributed by atoms with E-state index < -0.39 is 202 Å². The van der Waals surface area contributed by atoms with Gasteiger partial charge in [0.25, 0.3) is 0 Å². The first kappa shape index (κ1) is 61.1. The van der Waals surface area contributed by atoms with Crippen LogP contribution < -0.4 is 39.7 Å². The molecule has 0 spiro atoms. The normalized spacial score (nSPS) is 38.6. The van der Waals surface area contributed by atoms with Gasteiger partial charge in [0.05, 0.1) is 18.2 Å². The minimum Gasteiger partial charge on any atom is -0.389 e. The van der Waals surface area contributed by atoms with Crippen molar-refractivity contribution in [2.24, 2.45) is 34.4 Å². The van der Waals surface area contributed by atoms with Gasteiger partial charge in [-0.2, -0.15) is 74.6 Å². The molecule has 3 aliphatic heterocycles. The first-order valence-corrected chi connectivity index (χ1v) is 20.5. The maximum Gasteiger partial charge on any atom is 0.460 e. The van der Waals surface area contributed by atoms with Crippen LogP contribution in [0.25, 0.3) is 0 Å². The van der Waals surface area contributed by atoms with Crippen LogP contribution in [-0.4, -0.2) is 220 Å². The summed E-state index contributed by atoms with van der Waals surface area (Å²) >= 11 is 0. The third kappa shape index (κ3) is 10.9. The van der Waals surface area contributed by atoms with Gasteiger partial charge in [0.1, 0.15) is 67.1 Å². The van der Waals surface area contributed by atoms with Crippen molar-refractivity contribution in [1.29, 1.82) is 0 Å². The number of carbonyl (C=O) groups is 1. The molecule has 0 unspecified atom stereocenters. The van der Waals surface area contributed by atoms with E-state index in [0.717, 1.165) is 0 Å². The predicted molar refractivity (Wildman–Crippen MR) is 194 cm³/mol. The Labute approximate surface area is 387 Å². The van der Waals surface area contributed by atoms with Crippen LogP contribution in [-0.2, 0) is 33.2 Å². The molecular weight excluding hydrogens is 1040 g/mol. The van der Waals surface area contributed by atoms with Gasteiger partial charge >= 0.3 is 47.6 Å². The molecule has 71 heavy (non-hydrogen) atoms. The van der Waals surface area contributed by atoms with E-state index in [0.29, 0.717) is 0 Å². The fourth-order valence-corrected chi connectivity index (χ4v) is 7.69. The molecule has 4 aliphatic rings. The molecule has 418 valence electrons. The Balaban J connectivity index is 1.58. The summed E-state index contributed by atoms with van der Waals surface area (Å²) in [6, 6.07) is -5.77. The SMILES string of the molecule is NC[C@@H]1O[C@H](O[C@H]2[C@@H](O)[C@H](O[C@@H]3[C@@H](O)[C@H](N)C[C@H](N)[C@H]3O[C@H]3O[C@H](CN)[C@@H](O)[C@H](O)[C@H]3N)O[C@@H]2CNC(=O)CCC(F)(F)C(F)(F)C(F)(F)C(F)(F)C(F)(F)C(F)(F)C(F)(F)C(F)(F)F)[C@H](N)[C@@H](O)[C@@H]1O. The fraction of sp³-hybridized carbons (Fsp3) is 0.971. The Bertz CT molecular complexity index is 1810. The van der Waals surface area contributed by atoms with Crippen molar-refractivity contribution in [3.05, 3.63) is 0 Å². The van der Waals surface area contributed by atoms with Crippen molar-refractivity contribution in [2.45, 2.75) is 183 Å². The van der Waals surface area contributed by atoms with Crippen LogP contribution in [0.15, 0.2) is 0 Å². The van der Waals surface area contributed by atoms with Crippen LogP contribution in [0.3, 0.4) is 0 Å². The van der Waals surface area contributed by atoms with Crippen LogP contribution >= 0.6 is 0 Å². The number of nitrogens with two attached hydrogens (primary N) is 6. The molecule has 20 nitrogen and oxygen atoms in total. The summed E-state index contributed by atoms with van der Waals surface area (Å²) in [6.07, 6.45) is -40.6. The van der Waals surface area contributed by atoms with E-state index >= 15 is 0 Å². The summed E-state index contributed by atoms with van der Waals surface area (Å²) in [4.78, 5) is 12.7. The molecule has 19 N–H and O–H groups in total. The number of rotatable bonds is 19. The first-order chi connectivity index (χ1) is 32.1. The second-order valence-corrected chi connectivity index (χ2v) is 17.0. The number of amides is 1. The van der Waals surface area contributed by atoms with Crippen molar-refractivity contribution in [3.8, 4) is 0 Å². The molecule has 4 fully saturated rings. The van der Waals surface area contributed by atoms with Gasteiger partial charge in [0.15, 0.2) is 18.9 Å². The molecule has 4 rings (SSSR count). The zero-order valence-electron chi connectivity index (χ0n) is 35.6. The second-order valence-electron chi connectivity index (χ2n) is 17.0. The lowest BCUT2D eigenvalue weighted by molar-refractivity contribution is -0.461. The Hall–Kier alpha value is -2.44. The number of aliphatic hydroxyl groups is 6. The third-order valence-electron chi connectivity index (χ3n) is 12.1. The molecule has 0 bridgehead atoms. The molecule has 0 aromatic carbocycles. The summed E-state index contributed by atoms with van der Waals surface area (Å²) in [5.41, 5.74) is 35.3. The summed E-state index contributed by atoms with van der Waals surface area (Å²) in [5, 5.41) is 65.7. The van der Waals surface area contributed by atoms with E-state index in [-0.39, 0.29) is 6.42 Å². The summed E-state index contributed by atoms with van der Waals surface area (Å²) in [7, 11) is 0. The molecule has 1 saturated carbocycles. The Morgan fingerprint density at radius 1 is 0.493 bits per heavy atom. The molecule has 37 heteroatoms. The van der Waals surface area contributed by atoms with Crippen LogP contribution in [0.1, 0.15) is 19.3 Å². The Morgan fingerprint density at radius 2 is 0.887 bits per heavy atom. The molecule has 0 aromatic rings. The first-order valence-electron chi connectivity index (χ1n) is 20.5. The molecule has 1 amide bonds. The number of carbonyl (C=O) groups excluding carboxylic acids is 1. The van der Waals surface area contributed by atoms with Crippen molar-refractivity contribution >= 4 is 5.91 Å². The number of aliphatic hydroxyl groups excluding tert-OH is 6. The summed E-state index contributed by atoms with van der Waals surface area (Å²) in [6.45, 7) is -2.17. The van der Waals surface area contributed by atoms with Crippen molar-refractivity contribution in [2.75, 3.05) is 19.6 Å². The monoisotopic (exact) mass is 1090 g/mol. The topological polar surface area (TPSA) is 362 Å². The molecule has 3 saturated heterocycles. The standard InChI is InChI=1S/C34H50F17N7O13/c35-27(36,28(37,38)29(39,40)30(41,42)31(43,44)32(45,46)33(47,48)34(49,50)51)2-1-12(59)58-6-11-22(70-25-14(57)19(64)17(62)10(5-53)67-25)20(65)26(68-11)71-23-15(60)7(54)3-8(55)21(23)69-24-13(56)18(63)16(61)9(4-52)66-24/h7-11,13-26,60-65H,1-6,52-57H2,(H,58,59)/t7-,8+,9-,10+,11-,13-,14-,15+,16-,17-,18-,19-,20-,21-,22-,23-,24-,25-,26+/m1/s1. The van der Waals surface area contributed by atoms with E-state index in [2.05, 4.69) is 0 Å². The van der Waals surface area contributed by atoms with Crippen LogP contribution in [0.5, 0.6) is 0 Å². The van der Waals surface area contributed by atoms with Gasteiger partial charge in [-0.25, -0.2) is 0 Å². The molecule has 19 atom stereocenters. The zero-order chi connectivity index (χ0) is 54.7. The van der Waals surface area contributed by atoms with Crippen molar-refractivity contribution in [1.82, 2.24) is 5.32 Å². The smallest absolute Gasteiger partial charge is 0.389 e. The van der Waals surface area contributed by atoms with E-state index in [1.54, 1.807) is 5.32 Å². The van der Waals surface area contributed by atoms with E-state index in [1.165, 1.54) is 0 Å². The number of nitrogens with one attached hydrogen (secondary N) is 1. The highest BCUT2D eigenvalue weighted by Crippen LogP contribution is 2.64. The minimum absolute atomic E-state index is 0.241. The number of hydrogen-bond donors (Lipinski definition) is 13. The van der Waals surface area contributed by atoms with Crippen LogP contribution in [0.4, 0.5) is 74.6 Å². The number of ether oxygens (including phenoxy) is 6. The van der Waals surface area contributed by atoms with Gasteiger partial charge < -0.3 is 98.8 Å². The van der Waals surface area contributed by atoms with Crippen molar-refractivity contribution < 1.29 is 138 Å². The quantitative estimate of drug-likeness (QED) is 0.0574. The van der Waals surface area contributed by atoms with Gasteiger partial charge in [-0.3, -0.25) is 4.79 Å². The van der Waals surface area contributed by atoms with Gasteiger partial charge in [0.2, 0.25) is 5.91 Å². The Morgan fingerprint density at radius 3 is 1.32 bits per heavy atom. The molecule has 3 heterocycles. The van der Waals surface area contributed by atoms with Gasteiger partial charge in [-0.15, -0.1) is 0 Å². The molecule has 1 aliphatic carbocycles. The maximum absolute atomic E-state index is 14.6. The Kier molecular flexibility index (Phi) is 18.3. The minimum atomic E-state index is -8.86. The third-order valence-corrected chi connectivity index (χ3v) is 12.1. The summed E-state index contributed by atoms with van der Waals surface area (Å²) < 4.78 is 268. The predicted octanol–water partition coefficient (Wildman–Crippen LogP) is -2.98. The highest BCUT2D eigenvalue weighted by atomic mass is 19.4. The highest BCUT2D eigenvalue weighted by molar-refractivity contribution is 5.76. The average Bonchev–Trinajstić information content (AvgIpc) is 3.56. The van der Waals surface area contributed by atoms with E-state index in [9.17, 15) is 110 Å². The van der Waals surface area contributed by atoms with E-state index in [1.807, 2.05) is 0 Å². The molecule has 0 radical (unpaired) electrons. The van der Waals surface area contributed by atoms with Gasteiger partial charge in [-0.05, 0) is 6.42 Å². The van der Waals surface area contributed by atoms with Gasteiger partial charge in [0, 0.05) is 44.6 Å². The highest BCUT2D eigenvalue weighted by Gasteiger charge is 2.95. The fourth-order valence-electron chi connectivity index (χ4n) is 7.69. The lowest BCUT2D eigenvalue weighted by atomic mass is 9.84. The lowest BCUT2D eigenvalue weighted by Gasteiger charge is -2.47. The lowest BCUT2D eigenvalue weighted by Crippen LogP contribution is -2.74. The number of halogens is 17. The number of hydrogen-bond acceptors (Lipinski definition) is 19. The summed E-state index contributed by atoms with van der Waals surface area (Å²) in [5.74, 6) is -60.4. The average molecular weight is 1090 g/mol. The zero-order valence-corrected chi connectivity index (χ0v) is 35.6. The van der Waals surface area contributed by atoms with E-state index in [4.69, 9.17) is 62.8 Å².